The molecule has 0 spiro atoms. The van der Waals surface area contributed by atoms with Gasteiger partial charge in [-0.3, -0.25) is 10.1 Å². The molecule has 2 aromatic carbocycles. The number of hydrogen-bond donors (Lipinski definition) is 4. The van der Waals surface area contributed by atoms with Crippen molar-refractivity contribution >= 4 is 5.69 Å². The fourth-order valence-electron chi connectivity index (χ4n) is 3.97. The molecule has 1 heterocycles. The Morgan fingerprint density at radius 3 is 2.25 bits per heavy atom. The first-order valence-electron chi connectivity index (χ1n) is 8.72. The van der Waals surface area contributed by atoms with Gasteiger partial charge < -0.3 is 29.9 Å². The molecule has 1 saturated carbocycles. The van der Waals surface area contributed by atoms with Gasteiger partial charge in [-0.05, 0) is 17.7 Å². The maximum atomic E-state index is 11.0. The molecule has 1 aliphatic carbocycles. The zero-order valence-electron chi connectivity index (χ0n) is 14.5. The van der Waals surface area contributed by atoms with Crippen molar-refractivity contribution in [2.45, 2.75) is 42.2 Å². The van der Waals surface area contributed by atoms with Crippen LogP contribution in [0.3, 0.4) is 0 Å². The Hall–Kier alpha value is -2.56. The normalized spacial score (nSPS) is 36.9. The van der Waals surface area contributed by atoms with Crippen LogP contribution in [0.25, 0.3) is 0 Å². The highest BCUT2D eigenvalue weighted by Crippen LogP contribution is 2.53. The molecule has 0 radical (unpaired) electrons. The van der Waals surface area contributed by atoms with Crippen molar-refractivity contribution < 1.29 is 34.8 Å². The summed E-state index contributed by atoms with van der Waals surface area (Å²) in [4.78, 5) is 10.2. The number of aliphatic hydroxyl groups is 4. The number of hydrogen-bond acceptors (Lipinski definition) is 8. The van der Waals surface area contributed by atoms with E-state index >= 15 is 0 Å². The van der Waals surface area contributed by atoms with Gasteiger partial charge in [-0.1, -0.05) is 30.3 Å². The molecule has 0 bridgehead atoms. The minimum atomic E-state index is -1.88. The predicted octanol–water partition coefficient (Wildman–Crippen LogP) is 0.310. The summed E-state index contributed by atoms with van der Waals surface area (Å²) < 4.78 is 11.0. The second-order valence-electron chi connectivity index (χ2n) is 7.00. The molecule has 9 heteroatoms. The number of ether oxygens (including phenoxy) is 2. The molecule has 4 rings (SSSR count). The Morgan fingerprint density at radius 1 is 1.00 bits per heavy atom. The van der Waals surface area contributed by atoms with Crippen molar-refractivity contribution in [3.8, 4) is 5.75 Å². The van der Waals surface area contributed by atoms with Gasteiger partial charge in [-0.25, -0.2) is 0 Å². The molecule has 2 aromatic rings. The summed E-state index contributed by atoms with van der Waals surface area (Å²) in [5.74, 6) is -0.663. The molecule has 28 heavy (non-hydrogen) atoms. The van der Waals surface area contributed by atoms with Crippen LogP contribution in [0.4, 0.5) is 5.69 Å². The summed E-state index contributed by atoms with van der Waals surface area (Å²) in [6.45, 7) is 0. The van der Waals surface area contributed by atoms with Crippen LogP contribution < -0.4 is 4.74 Å². The molecule has 0 amide bonds. The highest BCUT2D eigenvalue weighted by Gasteiger charge is 2.71. The maximum absolute atomic E-state index is 11.0. The summed E-state index contributed by atoms with van der Waals surface area (Å²) >= 11 is 0. The fourth-order valence-corrected chi connectivity index (χ4v) is 3.97. The number of benzene rings is 2. The number of fused-ring (bicyclic) bond motifs is 1. The van der Waals surface area contributed by atoms with E-state index in [1.807, 2.05) is 0 Å². The van der Waals surface area contributed by atoms with E-state index in [0.717, 1.165) is 0 Å². The fraction of sp³-hybridized carbons (Fsp3) is 0.368. The molecule has 2 fully saturated rings. The van der Waals surface area contributed by atoms with E-state index < -0.39 is 47.1 Å². The van der Waals surface area contributed by atoms with Crippen LogP contribution in [0.15, 0.2) is 54.6 Å². The summed E-state index contributed by atoms with van der Waals surface area (Å²) in [6, 6.07) is 13.8. The van der Waals surface area contributed by atoms with Gasteiger partial charge in [0.15, 0.2) is 0 Å². The van der Waals surface area contributed by atoms with Crippen molar-refractivity contribution in [3.05, 3.63) is 70.3 Å². The first-order valence-corrected chi connectivity index (χ1v) is 8.72. The number of aliphatic hydroxyl groups excluding tert-OH is 3. The van der Waals surface area contributed by atoms with Crippen LogP contribution in [0.2, 0.25) is 0 Å². The highest BCUT2D eigenvalue weighted by molar-refractivity contribution is 5.37. The van der Waals surface area contributed by atoms with E-state index in [2.05, 4.69) is 0 Å². The van der Waals surface area contributed by atoms with Gasteiger partial charge in [0.25, 0.3) is 5.69 Å². The quantitative estimate of drug-likeness (QED) is 0.432. The lowest BCUT2D eigenvalue weighted by Crippen LogP contribution is -2.80. The van der Waals surface area contributed by atoms with Gasteiger partial charge >= 0.3 is 0 Å². The third kappa shape index (κ3) is 2.76. The third-order valence-electron chi connectivity index (χ3n) is 5.42. The van der Waals surface area contributed by atoms with Gasteiger partial charge in [-0.15, -0.1) is 0 Å². The van der Waals surface area contributed by atoms with Crippen molar-refractivity contribution in [2.24, 2.45) is 0 Å². The standard InChI is InChI=1S/C19H19NO8/c21-14-13(10-4-2-1-3-5-10)19(24)16(23)15(22)18(28-17(14)19)27-12-8-6-11(7-9-12)20(25)26/h1-9,13-18,21-24H/t13-,14-,15-,16-,17-,18-,19+/m1/s1. The lowest BCUT2D eigenvalue weighted by molar-refractivity contribution is -0.385. The number of nitro benzene ring substituents is 1. The second kappa shape index (κ2) is 6.80. The molecule has 148 valence electrons. The Kier molecular flexibility index (Phi) is 4.56. The van der Waals surface area contributed by atoms with Crippen LogP contribution in [-0.4, -0.2) is 61.7 Å². The monoisotopic (exact) mass is 389 g/mol. The van der Waals surface area contributed by atoms with Gasteiger partial charge in [0.05, 0.1) is 11.0 Å². The number of rotatable bonds is 4. The maximum Gasteiger partial charge on any atom is 0.269 e. The summed E-state index contributed by atoms with van der Waals surface area (Å²) in [5, 5.41) is 53.2. The highest BCUT2D eigenvalue weighted by atomic mass is 16.7. The molecule has 7 atom stereocenters. The first-order chi connectivity index (χ1) is 13.3. The van der Waals surface area contributed by atoms with Crippen molar-refractivity contribution in [3.63, 3.8) is 0 Å². The van der Waals surface area contributed by atoms with Crippen molar-refractivity contribution in [1.82, 2.24) is 0 Å². The molecule has 9 nitrogen and oxygen atoms in total. The van der Waals surface area contributed by atoms with Crippen molar-refractivity contribution in [1.29, 1.82) is 0 Å². The first kappa shape index (κ1) is 18.8. The third-order valence-corrected chi connectivity index (χ3v) is 5.42. The zero-order valence-corrected chi connectivity index (χ0v) is 14.5. The Morgan fingerprint density at radius 2 is 1.64 bits per heavy atom. The summed E-state index contributed by atoms with van der Waals surface area (Å²) in [7, 11) is 0. The van der Waals surface area contributed by atoms with E-state index in [1.165, 1.54) is 24.3 Å². The second-order valence-corrected chi connectivity index (χ2v) is 7.00. The minimum absolute atomic E-state index is 0.132. The Labute approximate surface area is 159 Å². The van der Waals surface area contributed by atoms with Crippen molar-refractivity contribution in [2.75, 3.05) is 0 Å². The number of nitrogens with zero attached hydrogens (tertiary/aromatic N) is 1. The molecular formula is C19H19NO8. The van der Waals surface area contributed by atoms with Crippen LogP contribution in [0, 0.1) is 10.1 Å². The predicted molar refractivity (Wildman–Crippen MR) is 94.5 cm³/mol. The molecule has 0 aromatic heterocycles. The lowest BCUT2D eigenvalue weighted by Gasteiger charge is -2.61. The van der Waals surface area contributed by atoms with Gasteiger partial charge in [0.1, 0.15) is 29.7 Å². The van der Waals surface area contributed by atoms with E-state index in [-0.39, 0.29) is 11.4 Å². The average molecular weight is 389 g/mol. The molecule has 4 N–H and O–H groups in total. The Bertz CT molecular complexity index is 856. The van der Waals surface area contributed by atoms with Gasteiger partial charge in [0.2, 0.25) is 6.29 Å². The minimum Gasteiger partial charge on any atom is -0.462 e. The van der Waals surface area contributed by atoms with Crippen LogP contribution in [0.5, 0.6) is 5.75 Å². The SMILES string of the molecule is O=[N+]([O-])c1ccc(O[C@@H]2O[C@@H]3[C@H](O)[C@@H](c4ccccc4)[C@]3(O)[C@H](O)[C@H]2O)cc1. The van der Waals surface area contributed by atoms with Crippen LogP contribution in [0.1, 0.15) is 11.5 Å². The summed E-state index contributed by atoms with van der Waals surface area (Å²) in [6.07, 6.45) is -6.89. The lowest BCUT2D eigenvalue weighted by atomic mass is 9.57. The van der Waals surface area contributed by atoms with Crippen LogP contribution in [-0.2, 0) is 4.74 Å². The number of nitro groups is 1. The van der Waals surface area contributed by atoms with E-state index in [9.17, 15) is 30.5 Å². The van der Waals surface area contributed by atoms with E-state index in [1.54, 1.807) is 30.3 Å². The zero-order chi connectivity index (χ0) is 20.1. The Balaban J connectivity index is 1.54. The molecule has 1 saturated heterocycles. The van der Waals surface area contributed by atoms with E-state index in [0.29, 0.717) is 5.56 Å². The van der Waals surface area contributed by atoms with E-state index in [4.69, 9.17) is 9.47 Å². The average Bonchev–Trinajstić information content (AvgIpc) is 2.70. The molecule has 0 unspecified atom stereocenters. The smallest absolute Gasteiger partial charge is 0.269 e. The molecular weight excluding hydrogens is 370 g/mol. The van der Waals surface area contributed by atoms with Crippen LogP contribution >= 0.6 is 0 Å². The molecule has 1 aliphatic heterocycles. The largest absolute Gasteiger partial charge is 0.462 e. The number of non-ortho nitro benzene ring substituents is 1. The van der Waals surface area contributed by atoms with Gasteiger partial charge in [-0.2, -0.15) is 0 Å². The summed E-state index contributed by atoms with van der Waals surface area (Å²) in [5.41, 5.74) is -1.40. The topological polar surface area (TPSA) is 143 Å². The molecule has 2 aliphatic rings. The van der Waals surface area contributed by atoms with Gasteiger partial charge in [0, 0.05) is 18.1 Å².